The Kier molecular flexibility index (Phi) is 5.75. The van der Waals surface area contributed by atoms with Crippen molar-refractivity contribution < 1.29 is 0 Å². The number of unbranched alkanes of at least 4 members (excludes halogenated alkanes) is 2. The lowest BCUT2D eigenvalue weighted by molar-refractivity contribution is 0.591. The fourth-order valence-corrected chi connectivity index (χ4v) is 2.73. The van der Waals surface area contributed by atoms with Crippen LogP contribution in [0.15, 0.2) is 64.6 Å². The van der Waals surface area contributed by atoms with E-state index in [0.717, 1.165) is 41.3 Å². The largest absolute Gasteiger partial charge is 0.308 e. The van der Waals surface area contributed by atoms with Gasteiger partial charge < -0.3 is 5.43 Å². The smallest absolute Gasteiger partial charge is 0.138 e. The number of hydrogen-bond acceptors (Lipinski definition) is 4. The van der Waals surface area contributed by atoms with E-state index in [1.807, 2.05) is 36.4 Å². The van der Waals surface area contributed by atoms with Crippen molar-refractivity contribution in [1.29, 1.82) is 0 Å². The Morgan fingerprint density at radius 2 is 1.75 bits per heavy atom. The van der Waals surface area contributed by atoms with Crippen molar-refractivity contribution in [2.75, 3.05) is 13.1 Å². The molecule has 124 valence electrons. The van der Waals surface area contributed by atoms with Crippen LogP contribution in [0.2, 0.25) is 0 Å². The van der Waals surface area contributed by atoms with Crippen LogP contribution in [0, 0.1) is 0 Å². The Balaban J connectivity index is 1.79. The minimum Gasteiger partial charge on any atom is -0.308 e. The lowest BCUT2D eigenvalue weighted by Crippen LogP contribution is -2.39. The molecule has 2 aromatic carbocycles. The van der Waals surface area contributed by atoms with Gasteiger partial charge in [0.2, 0.25) is 0 Å². The summed E-state index contributed by atoms with van der Waals surface area (Å²) in [5, 5.41) is 0. The molecular formula is C20H24N4. The summed E-state index contributed by atoms with van der Waals surface area (Å²) < 4.78 is 0. The number of fused-ring (bicyclic) bond motifs is 1. The molecule has 0 fully saturated rings. The van der Waals surface area contributed by atoms with Crippen LogP contribution in [-0.2, 0) is 0 Å². The molecule has 0 spiro atoms. The molecule has 0 radical (unpaired) electrons. The van der Waals surface area contributed by atoms with E-state index in [1.54, 1.807) is 0 Å². The molecule has 24 heavy (non-hydrogen) atoms. The van der Waals surface area contributed by atoms with Crippen LogP contribution >= 0.6 is 0 Å². The number of aliphatic imine (C=N–C) groups is 2. The van der Waals surface area contributed by atoms with E-state index in [9.17, 15) is 0 Å². The lowest BCUT2D eigenvalue weighted by Gasteiger charge is -2.08. The number of para-hydroxylation sites is 1. The Labute approximate surface area is 143 Å². The van der Waals surface area contributed by atoms with Gasteiger partial charge in [-0.3, -0.25) is 4.99 Å². The van der Waals surface area contributed by atoms with Gasteiger partial charge in [-0.1, -0.05) is 68.3 Å². The van der Waals surface area contributed by atoms with E-state index < -0.39 is 0 Å². The second kappa shape index (κ2) is 8.41. The molecule has 0 unspecified atom stereocenters. The molecule has 1 aliphatic rings. The highest BCUT2D eigenvalue weighted by Crippen LogP contribution is 2.24. The second-order valence-electron chi connectivity index (χ2n) is 5.87. The quantitative estimate of drug-likeness (QED) is 0.627. The number of amidine groups is 1. The Morgan fingerprint density at radius 1 is 0.958 bits per heavy atom. The zero-order valence-corrected chi connectivity index (χ0v) is 14.1. The number of hydrogen-bond donors (Lipinski definition) is 2. The summed E-state index contributed by atoms with van der Waals surface area (Å²) in [5.74, 6) is 0.852. The third kappa shape index (κ3) is 4.09. The number of nitrogens with zero attached hydrogens (tertiary/aromatic N) is 2. The van der Waals surface area contributed by atoms with E-state index >= 15 is 0 Å². The fourth-order valence-electron chi connectivity index (χ4n) is 2.73. The third-order valence-corrected chi connectivity index (χ3v) is 3.99. The van der Waals surface area contributed by atoms with Gasteiger partial charge in [0.25, 0.3) is 0 Å². The van der Waals surface area contributed by atoms with Gasteiger partial charge in [0.05, 0.1) is 17.9 Å². The van der Waals surface area contributed by atoms with Crippen molar-refractivity contribution in [3.05, 3.63) is 65.7 Å². The molecule has 2 aromatic rings. The van der Waals surface area contributed by atoms with Crippen molar-refractivity contribution >= 4 is 17.2 Å². The maximum atomic E-state index is 4.81. The van der Waals surface area contributed by atoms with Crippen molar-refractivity contribution in [2.24, 2.45) is 9.98 Å². The van der Waals surface area contributed by atoms with Crippen molar-refractivity contribution in [3.63, 3.8) is 0 Å². The van der Waals surface area contributed by atoms with E-state index in [0.29, 0.717) is 6.54 Å². The zero-order valence-electron chi connectivity index (χ0n) is 14.1. The van der Waals surface area contributed by atoms with E-state index in [1.165, 1.54) is 12.8 Å². The first-order valence-corrected chi connectivity index (χ1v) is 8.64. The molecule has 0 aromatic heterocycles. The maximum Gasteiger partial charge on any atom is 0.138 e. The first-order valence-electron chi connectivity index (χ1n) is 8.64. The van der Waals surface area contributed by atoms with Gasteiger partial charge in [-0.05, 0) is 12.5 Å². The van der Waals surface area contributed by atoms with Gasteiger partial charge in [0.1, 0.15) is 5.84 Å². The highest BCUT2D eigenvalue weighted by Gasteiger charge is 2.15. The van der Waals surface area contributed by atoms with Crippen LogP contribution in [0.5, 0.6) is 0 Å². The van der Waals surface area contributed by atoms with Gasteiger partial charge in [-0.25, -0.2) is 10.4 Å². The standard InChI is InChI=1S/C20H24N4/c1-2-3-9-14-22-24-19-15-21-20(16-10-5-4-6-11-16)17-12-7-8-13-18(17)23-19/h4-8,10-13,22H,2-3,9,14-15H2,1H3,(H,23,24). The molecule has 1 aliphatic heterocycles. The molecule has 1 heterocycles. The van der Waals surface area contributed by atoms with Crippen molar-refractivity contribution in [3.8, 4) is 0 Å². The van der Waals surface area contributed by atoms with E-state index in [2.05, 4.69) is 36.0 Å². The van der Waals surface area contributed by atoms with Gasteiger partial charge in [0, 0.05) is 17.7 Å². The number of hydrazine groups is 1. The predicted molar refractivity (Wildman–Crippen MR) is 101 cm³/mol. The fraction of sp³-hybridized carbons (Fsp3) is 0.300. The zero-order chi connectivity index (χ0) is 16.6. The van der Waals surface area contributed by atoms with Crippen molar-refractivity contribution in [2.45, 2.75) is 26.2 Å². The molecule has 0 amide bonds. The number of benzene rings is 2. The normalized spacial score (nSPS) is 13.5. The van der Waals surface area contributed by atoms with E-state index in [-0.39, 0.29) is 0 Å². The average Bonchev–Trinajstić information content (AvgIpc) is 2.81. The molecule has 0 saturated heterocycles. The molecule has 0 aliphatic carbocycles. The third-order valence-electron chi connectivity index (χ3n) is 3.99. The van der Waals surface area contributed by atoms with Crippen LogP contribution in [-0.4, -0.2) is 24.6 Å². The monoisotopic (exact) mass is 320 g/mol. The van der Waals surface area contributed by atoms with Crippen LogP contribution in [0.25, 0.3) is 0 Å². The minimum atomic E-state index is 0.541. The minimum absolute atomic E-state index is 0.541. The summed E-state index contributed by atoms with van der Waals surface area (Å²) in [4.78, 5) is 9.58. The first-order chi connectivity index (χ1) is 11.9. The Bertz CT molecular complexity index is 719. The summed E-state index contributed by atoms with van der Waals surface area (Å²) in [6, 6.07) is 18.5. The van der Waals surface area contributed by atoms with Gasteiger partial charge in [-0.2, -0.15) is 0 Å². The number of rotatable bonds is 6. The first kappa shape index (κ1) is 16.4. The van der Waals surface area contributed by atoms with Crippen LogP contribution in [0.1, 0.15) is 37.3 Å². The molecule has 4 nitrogen and oxygen atoms in total. The summed E-state index contributed by atoms with van der Waals surface area (Å²) >= 11 is 0. The molecule has 0 atom stereocenters. The summed E-state index contributed by atoms with van der Waals surface area (Å²) in [6.07, 6.45) is 3.62. The second-order valence-corrected chi connectivity index (χ2v) is 5.87. The Morgan fingerprint density at radius 3 is 2.58 bits per heavy atom. The Hall–Kier alpha value is -2.46. The highest BCUT2D eigenvalue weighted by atomic mass is 15.4. The molecule has 3 rings (SSSR count). The summed E-state index contributed by atoms with van der Waals surface area (Å²) in [7, 11) is 0. The lowest BCUT2D eigenvalue weighted by atomic mass is 10.0. The van der Waals surface area contributed by atoms with E-state index in [4.69, 9.17) is 9.98 Å². The van der Waals surface area contributed by atoms with Gasteiger partial charge >= 0.3 is 0 Å². The molecule has 2 N–H and O–H groups in total. The van der Waals surface area contributed by atoms with Crippen molar-refractivity contribution in [1.82, 2.24) is 10.9 Å². The SMILES string of the molecule is CCCCCNNC1=Nc2ccccc2C(c2ccccc2)=NC1. The average molecular weight is 320 g/mol. The maximum absolute atomic E-state index is 4.81. The topological polar surface area (TPSA) is 48.8 Å². The summed E-state index contributed by atoms with van der Waals surface area (Å²) in [5.41, 5.74) is 10.6. The molecular weight excluding hydrogens is 296 g/mol. The van der Waals surface area contributed by atoms with Gasteiger partial charge in [-0.15, -0.1) is 0 Å². The molecule has 0 bridgehead atoms. The summed E-state index contributed by atoms with van der Waals surface area (Å²) in [6.45, 7) is 3.68. The van der Waals surface area contributed by atoms with Gasteiger partial charge in [0.15, 0.2) is 0 Å². The number of nitrogens with one attached hydrogen (secondary N) is 2. The van der Waals surface area contributed by atoms with Crippen LogP contribution < -0.4 is 10.9 Å². The highest BCUT2D eigenvalue weighted by molar-refractivity contribution is 6.17. The molecule has 0 saturated carbocycles. The van der Waals surface area contributed by atoms with Crippen LogP contribution in [0.3, 0.4) is 0 Å². The predicted octanol–water partition coefficient (Wildman–Crippen LogP) is 3.85. The molecule has 4 heteroatoms. The van der Waals surface area contributed by atoms with Crippen LogP contribution in [0.4, 0.5) is 5.69 Å².